The number of aryl methyl sites for hydroxylation is 3. The van der Waals surface area contributed by atoms with Crippen molar-refractivity contribution in [3.8, 4) is 22.6 Å². The molecule has 3 aromatic carbocycles. The monoisotopic (exact) mass is 581 g/mol. The molecule has 0 N–H and O–H groups in total. The van der Waals surface area contributed by atoms with Crippen molar-refractivity contribution in [2.75, 3.05) is 0 Å². The van der Waals surface area contributed by atoms with E-state index >= 15 is 0 Å². The summed E-state index contributed by atoms with van der Waals surface area (Å²) >= 11 is 0. The van der Waals surface area contributed by atoms with Crippen molar-refractivity contribution in [2.24, 2.45) is 0 Å². The molecule has 0 aromatic heterocycles. The van der Waals surface area contributed by atoms with Crippen LogP contribution in [0.25, 0.3) is 11.1 Å². The summed E-state index contributed by atoms with van der Waals surface area (Å²) in [7, 11) is -1.32. The fourth-order valence-corrected chi connectivity index (χ4v) is 10.2. The van der Waals surface area contributed by atoms with Gasteiger partial charge in [0, 0.05) is 11.0 Å². The van der Waals surface area contributed by atoms with E-state index < -0.39 is 8.00 Å². The maximum absolute atomic E-state index is 6.96. The van der Waals surface area contributed by atoms with Crippen molar-refractivity contribution >= 4 is 13.3 Å². The first-order valence-electron chi connectivity index (χ1n) is 15.6. The van der Waals surface area contributed by atoms with Crippen LogP contribution in [-0.2, 0) is 18.3 Å². The van der Waals surface area contributed by atoms with Gasteiger partial charge >= 0.3 is 8.00 Å². The highest BCUT2D eigenvalue weighted by Gasteiger charge is 2.51. The fourth-order valence-electron chi connectivity index (χ4n) is 8.87. The molecule has 1 unspecified atom stereocenters. The lowest BCUT2D eigenvalue weighted by molar-refractivity contribution is 0.437. The average Bonchev–Trinajstić information content (AvgIpc) is 3.69. The first-order chi connectivity index (χ1) is 20.7. The Hall–Kier alpha value is -3.87. The largest absolute Gasteiger partial charge is 0.541 e. The van der Waals surface area contributed by atoms with Crippen LogP contribution in [0, 0.1) is 32.6 Å². The summed E-state index contributed by atoms with van der Waals surface area (Å²) in [6.45, 7) is 13.5. The minimum absolute atomic E-state index is 0.103. The van der Waals surface area contributed by atoms with Gasteiger partial charge in [0.1, 0.15) is 0 Å². The van der Waals surface area contributed by atoms with Gasteiger partial charge in [-0.1, -0.05) is 68.7 Å². The van der Waals surface area contributed by atoms with Crippen LogP contribution in [0.3, 0.4) is 0 Å². The summed E-state index contributed by atoms with van der Waals surface area (Å²) in [5.41, 5.74) is 16.5. The Morgan fingerprint density at radius 1 is 0.744 bits per heavy atom. The summed E-state index contributed by atoms with van der Waals surface area (Å²) in [6, 6.07) is 13.8. The van der Waals surface area contributed by atoms with Crippen LogP contribution in [0.15, 0.2) is 84.0 Å². The Morgan fingerprint density at radius 2 is 1.33 bits per heavy atom. The SMILES string of the molecule is CC1=C[C-](C)C=C(C)[C-]1c1ccc2c3c1CC[C@@]31CCc3c(-c4c(C)cc(C)cc4C)ccc(c31)O[P+](=C1C=CC=C1)O2. The second-order valence-corrected chi connectivity index (χ2v) is 14.5. The third kappa shape index (κ3) is 3.89. The second-order valence-electron chi connectivity index (χ2n) is 13.1. The summed E-state index contributed by atoms with van der Waals surface area (Å²) in [4.78, 5) is 0. The van der Waals surface area contributed by atoms with Gasteiger partial charge in [-0.15, -0.1) is 11.6 Å². The van der Waals surface area contributed by atoms with Crippen molar-refractivity contribution in [1.82, 2.24) is 0 Å². The molecule has 0 fully saturated rings. The molecule has 3 heteroatoms. The summed E-state index contributed by atoms with van der Waals surface area (Å²) in [5, 5.41) is 1.12. The number of benzene rings is 3. The zero-order valence-electron chi connectivity index (χ0n) is 26.0. The first-order valence-corrected chi connectivity index (χ1v) is 16.8. The van der Waals surface area contributed by atoms with Crippen LogP contribution in [0.4, 0.5) is 0 Å². The molecule has 43 heavy (non-hydrogen) atoms. The van der Waals surface area contributed by atoms with Crippen LogP contribution in [0.5, 0.6) is 11.5 Å². The molecule has 1 spiro atoms. The highest BCUT2D eigenvalue weighted by Crippen LogP contribution is 2.63. The van der Waals surface area contributed by atoms with Gasteiger partial charge in [0.2, 0.25) is 5.29 Å². The van der Waals surface area contributed by atoms with Gasteiger partial charge in [0.25, 0.3) is 0 Å². The van der Waals surface area contributed by atoms with E-state index in [4.69, 9.17) is 9.05 Å². The van der Waals surface area contributed by atoms with Crippen molar-refractivity contribution in [3.05, 3.63) is 140 Å². The van der Waals surface area contributed by atoms with E-state index in [1.165, 1.54) is 78.6 Å². The molecule has 8 rings (SSSR count). The Kier molecular flexibility index (Phi) is 5.95. The maximum Gasteiger partial charge on any atom is 0.541 e. The van der Waals surface area contributed by atoms with E-state index in [0.29, 0.717) is 0 Å². The lowest BCUT2D eigenvalue weighted by Gasteiger charge is -2.43. The third-order valence-corrected chi connectivity index (χ3v) is 11.7. The molecule has 0 amide bonds. The van der Waals surface area contributed by atoms with Crippen molar-refractivity contribution in [2.45, 2.75) is 72.6 Å². The second kappa shape index (κ2) is 9.57. The highest BCUT2D eigenvalue weighted by molar-refractivity contribution is 7.51. The minimum Gasteiger partial charge on any atom is -0.254 e. The van der Waals surface area contributed by atoms with Crippen LogP contribution >= 0.6 is 8.00 Å². The van der Waals surface area contributed by atoms with Crippen LogP contribution < -0.4 is 9.05 Å². The van der Waals surface area contributed by atoms with E-state index in [1.807, 2.05) is 0 Å². The lowest BCUT2D eigenvalue weighted by atomic mass is 9.73. The van der Waals surface area contributed by atoms with Crippen LogP contribution in [0.2, 0.25) is 0 Å². The Morgan fingerprint density at radius 3 is 1.98 bits per heavy atom. The van der Waals surface area contributed by atoms with Gasteiger partial charge < -0.3 is 0 Å². The van der Waals surface area contributed by atoms with Crippen molar-refractivity contribution in [3.63, 3.8) is 0 Å². The van der Waals surface area contributed by atoms with E-state index in [9.17, 15) is 0 Å². The number of hydrogen-bond acceptors (Lipinski definition) is 2. The zero-order chi connectivity index (χ0) is 29.6. The molecule has 2 atom stereocenters. The molecule has 0 saturated heterocycles. The molecule has 1 heterocycles. The summed E-state index contributed by atoms with van der Waals surface area (Å²) < 4.78 is 13.9. The molecule has 0 radical (unpaired) electrons. The molecular weight excluding hydrogens is 543 g/mol. The van der Waals surface area contributed by atoms with Crippen LogP contribution in [-0.4, -0.2) is 5.29 Å². The van der Waals surface area contributed by atoms with Crippen molar-refractivity contribution in [1.29, 1.82) is 0 Å². The number of hydrogen-bond donors (Lipinski definition) is 0. The van der Waals surface area contributed by atoms with E-state index in [2.05, 4.69) is 114 Å². The zero-order valence-corrected chi connectivity index (χ0v) is 26.9. The van der Waals surface area contributed by atoms with Crippen LogP contribution in [0.1, 0.15) is 78.1 Å². The predicted octanol–water partition coefficient (Wildman–Crippen LogP) is 10.3. The fraction of sp³-hybridized carbons (Fsp3) is 0.275. The average molecular weight is 582 g/mol. The Bertz CT molecular complexity index is 1840. The van der Waals surface area contributed by atoms with E-state index in [-0.39, 0.29) is 5.41 Å². The molecule has 5 aliphatic rings. The van der Waals surface area contributed by atoms with Gasteiger partial charge in [0.05, 0.1) is 0 Å². The smallest absolute Gasteiger partial charge is 0.254 e. The molecule has 2 nitrogen and oxygen atoms in total. The topological polar surface area (TPSA) is 18.5 Å². The van der Waals surface area contributed by atoms with E-state index in [1.54, 1.807) is 0 Å². The Balaban J connectivity index is 1.40. The molecule has 3 aromatic rings. The molecule has 1 aliphatic heterocycles. The van der Waals surface area contributed by atoms with Gasteiger partial charge in [-0.3, -0.25) is 9.05 Å². The minimum atomic E-state index is -1.32. The van der Waals surface area contributed by atoms with Gasteiger partial charge in [-0.25, -0.2) is 35.1 Å². The lowest BCUT2D eigenvalue weighted by Crippen LogP contribution is -2.24. The van der Waals surface area contributed by atoms with Gasteiger partial charge in [-0.2, -0.15) is 0 Å². The normalized spacial score (nSPS) is 22.1. The predicted molar refractivity (Wildman–Crippen MR) is 180 cm³/mol. The number of allylic oxidation sites excluding steroid dienone is 8. The van der Waals surface area contributed by atoms with Gasteiger partial charge in [-0.05, 0) is 97.7 Å². The maximum atomic E-state index is 6.96. The van der Waals surface area contributed by atoms with Gasteiger partial charge in [0.15, 0.2) is 11.5 Å². The summed E-state index contributed by atoms with van der Waals surface area (Å²) in [6.07, 6.45) is 17.4. The molecule has 4 aliphatic carbocycles. The van der Waals surface area contributed by atoms with E-state index in [0.717, 1.165) is 42.5 Å². The quantitative estimate of drug-likeness (QED) is 0.221. The first kappa shape index (κ1) is 26.7. The molecule has 0 saturated carbocycles. The molecular formula is C40H38O2P-. The van der Waals surface area contributed by atoms with Crippen molar-refractivity contribution < 1.29 is 9.05 Å². The summed E-state index contributed by atoms with van der Waals surface area (Å²) in [5.74, 6) is 4.73. The standard InChI is InChI=1S/C40H38O2P/c1-23-19-25(3)36(26(4)20-23)30-11-13-34-38-32(30)15-17-40(38)18-16-33-31(37-27(5)21-24(2)22-28(37)6)12-14-35(39(33)40)42-43(41-34)29-9-7-8-10-29/h7-14,19-22H,15-18H2,1-6H3/q-1/t40-/m1/s1. The molecule has 216 valence electrons. The Labute approximate surface area is 257 Å². The highest BCUT2D eigenvalue weighted by atomic mass is 31.1. The number of rotatable bonds is 2. The third-order valence-electron chi connectivity index (χ3n) is 10.2. The molecule has 0 bridgehead atoms.